The number of hydrogen-bond acceptors (Lipinski definition) is 7. The van der Waals surface area contributed by atoms with Crippen LogP contribution >= 0.6 is 0 Å². The zero-order chi connectivity index (χ0) is 25.8. The standard InChI is InChI=1S/C26H27F2N7O2/c1-14-11-34(13-21(37-14)17-10-30-35(12-17)18-5-6-18)22-8-19-24(31-15(2)33(3)26(19)36)23(32-22)16-4-7-20(25(27)28)29-9-16/h4,7-10,12,14,18,21,25H,5-6,11,13H2,1-3H3/t14-,21-/m0/s1. The zero-order valence-corrected chi connectivity index (χ0v) is 20.8. The van der Waals surface area contributed by atoms with Crippen molar-refractivity contribution in [2.75, 3.05) is 18.0 Å². The summed E-state index contributed by atoms with van der Waals surface area (Å²) in [5.41, 5.74) is 1.84. The molecule has 37 heavy (non-hydrogen) atoms. The van der Waals surface area contributed by atoms with Crippen LogP contribution in [0.3, 0.4) is 0 Å². The van der Waals surface area contributed by atoms with Gasteiger partial charge in [0.1, 0.15) is 34.7 Å². The van der Waals surface area contributed by atoms with Gasteiger partial charge in [-0.2, -0.15) is 5.10 Å². The molecule has 1 saturated heterocycles. The Morgan fingerprint density at radius 3 is 2.65 bits per heavy atom. The molecule has 0 bridgehead atoms. The van der Waals surface area contributed by atoms with Gasteiger partial charge in [0.2, 0.25) is 0 Å². The molecule has 9 nitrogen and oxygen atoms in total. The lowest BCUT2D eigenvalue weighted by atomic mass is 10.1. The van der Waals surface area contributed by atoms with Crippen molar-refractivity contribution < 1.29 is 13.5 Å². The minimum absolute atomic E-state index is 0.0880. The third kappa shape index (κ3) is 4.37. The van der Waals surface area contributed by atoms with Gasteiger partial charge in [0, 0.05) is 37.1 Å². The fraction of sp³-hybridized carbons (Fsp3) is 0.423. The van der Waals surface area contributed by atoms with Crippen molar-refractivity contribution in [3.63, 3.8) is 0 Å². The lowest BCUT2D eigenvalue weighted by Crippen LogP contribution is -2.43. The number of aromatic nitrogens is 6. The van der Waals surface area contributed by atoms with Crippen LogP contribution in [0.25, 0.3) is 22.2 Å². The summed E-state index contributed by atoms with van der Waals surface area (Å²) in [5, 5.41) is 4.92. The van der Waals surface area contributed by atoms with E-state index in [2.05, 4.69) is 26.2 Å². The van der Waals surface area contributed by atoms with Crippen molar-refractivity contribution in [1.29, 1.82) is 0 Å². The highest BCUT2D eigenvalue weighted by Gasteiger charge is 2.31. The summed E-state index contributed by atoms with van der Waals surface area (Å²) in [4.78, 5) is 28.8. The molecule has 0 unspecified atom stereocenters. The van der Waals surface area contributed by atoms with E-state index in [-0.39, 0.29) is 23.5 Å². The van der Waals surface area contributed by atoms with Crippen LogP contribution in [0.1, 0.15) is 55.4 Å². The average Bonchev–Trinajstić information content (AvgIpc) is 3.62. The van der Waals surface area contributed by atoms with Gasteiger partial charge in [0.05, 0.1) is 30.3 Å². The molecule has 11 heteroatoms. The van der Waals surface area contributed by atoms with Crippen molar-refractivity contribution in [2.45, 2.75) is 51.4 Å². The highest BCUT2D eigenvalue weighted by atomic mass is 19.3. The Morgan fingerprint density at radius 1 is 1.14 bits per heavy atom. The van der Waals surface area contributed by atoms with Crippen molar-refractivity contribution in [3.05, 3.63) is 64.2 Å². The van der Waals surface area contributed by atoms with Crippen molar-refractivity contribution in [2.24, 2.45) is 7.05 Å². The molecule has 4 aromatic rings. The third-order valence-corrected chi connectivity index (χ3v) is 7.06. The number of morpholine rings is 1. The number of ether oxygens (including phenoxy) is 1. The monoisotopic (exact) mass is 507 g/mol. The maximum absolute atomic E-state index is 13.3. The quantitative estimate of drug-likeness (QED) is 0.401. The van der Waals surface area contributed by atoms with E-state index >= 15 is 0 Å². The smallest absolute Gasteiger partial charge is 0.280 e. The van der Waals surface area contributed by atoms with Gasteiger partial charge in [0.25, 0.3) is 12.0 Å². The fourth-order valence-electron chi connectivity index (χ4n) is 4.78. The van der Waals surface area contributed by atoms with E-state index in [1.165, 1.54) is 16.8 Å². The Labute approximate surface area is 211 Å². The van der Waals surface area contributed by atoms with E-state index in [1.54, 1.807) is 26.1 Å². The number of alkyl halides is 2. The molecule has 6 rings (SSSR count). The molecular formula is C26H27F2N7O2. The second-order valence-electron chi connectivity index (χ2n) is 9.85. The number of anilines is 1. The van der Waals surface area contributed by atoms with Gasteiger partial charge in [-0.05, 0) is 44.9 Å². The molecule has 0 radical (unpaired) electrons. The van der Waals surface area contributed by atoms with E-state index in [0.717, 1.165) is 18.4 Å². The summed E-state index contributed by atoms with van der Waals surface area (Å²) >= 11 is 0. The largest absolute Gasteiger partial charge is 0.367 e. The molecule has 0 spiro atoms. The number of halogens is 2. The summed E-state index contributed by atoms with van der Waals surface area (Å²) < 4.78 is 36.0. The molecular weight excluding hydrogens is 480 g/mol. The number of hydrogen-bond donors (Lipinski definition) is 0. The van der Waals surface area contributed by atoms with Crippen LogP contribution in [-0.2, 0) is 11.8 Å². The fourth-order valence-corrected chi connectivity index (χ4v) is 4.78. The lowest BCUT2D eigenvalue weighted by Gasteiger charge is -2.37. The predicted octanol–water partition coefficient (Wildman–Crippen LogP) is 4.13. The molecule has 2 aliphatic rings. The van der Waals surface area contributed by atoms with Crippen LogP contribution in [0.5, 0.6) is 0 Å². The highest BCUT2D eigenvalue weighted by molar-refractivity contribution is 5.92. The van der Waals surface area contributed by atoms with Crippen LogP contribution in [0.2, 0.25) is 0 Å². The Bertz CT molecular complexity index is 1530. The van der Waals surface area contributed by atoms with Crippen molar-refractivity contribution in [3.8, 4) is 11.3 Å². The minimum Gasteiger partial charge on any atom is -0.367 e. The summed E-state index contributed by atoms with van der Waals surface area (Å²) in [6, 6.07) is 5.06. The lowest BCUT2D eigenvalue weighted by molar-refractivity contribution is -0.0176. The SMILES string of the molecule is Cc1nc2c(-c3ccc(C(F)F)nc3)nc(N3C[C@@H](c4cnn(C5CC5)c4)O[C@@H](C)C3)cc2c(=O)n1C. The first kappa shape index (κ1) is 23.7. The Balaban J connectivity index is 1.44. The Kier molecular flexibility index (Phi) is 5.74. The van der Waals surface area contributed by atoms with E-state index in [9.17, 15) is 13.6 Å². The molecule has 1 aliphatic heterocycles. The maximum atomic E-state index is 13.3. The number of fused-ring (bicyclic) bond motifs is 1. The van der Waals surface area contributed by atoms with E-state index in [0.29, 0.717) is 52.9 Å². The summed E-state index contributed by atoms with van der Waals surface area (Å²) in [7, 11) is 1.67. The topological polar surface area (TPSA) is 91.0 Å². The Morgan fingerprint density at radius 2 is 1.95 bits per heavy atom. The number of aryl methyl sites for hydroxylation is 1. The van der Waals surface area contributed by atoms with Gasteiger partial charge >= 0.3 is 0 Å². The molecule has 0 aromatic carbocycles. The van der Waals surface area contributed by atoms with E-state index in [1.807, 2.05) is 17.8 Å². The first-order valence-electron chi connectivity index (χ1n) is 12.4. The van der Waals surface area contributed by atoms with Gasteiger partial charge in [-0.3, -0.25) is 19.0 Å². The predicted molar refractivity (Wildman–Crippen MR) is 134 cm³/mol. The maximum Gasteiger partial charge on any atom is 0.280 e. The molecule has 192 valence electrons. The molecule has 2 fully saturated rings. The molecule has 1 saturated carbocycles. The number of rotatable bonds is 5. The zero-order valence-electron chi connectivity index (χ0n) is 20.8. The molecule has 4 aromatic heterocycles. The van der Waals surface area contributed by atoms with Gasteiger partial charge in [-0.1, -0.05) is 0 Å². The molecule has 2 atom stereocenters. The van der Waals surface area contributed by atoms with E-state index in [4.69, 9.17) is 9.72 Å². The Hall–Kier alpha value is -3.73. The number of pyridine rings is 2. The normalized spacial score (nSPS) is 20.2. The van der Waals surface area contributed by atoms with Crippen LogP contribution in [0.15, 0.2) is 41.6 Å². The molecule has 0 amide bonds. The molecule has 5 heterocycles. The van der Waals surface area contributed by atoms with Gasteiger partial charge in [0.15, 0.2) is 0 Å². The summed E-state index contributed by atoms with van der Waals surface area (Å²) in [6.45, 7) is 4.85. The molecule has 1 aliphatic carbocycles. The molecule has 0 N–H and O–H groups in total. The first-order valence-corrected chi connectivity index (χ1v) is 12.4. The average molecular weight is 508 g/mol. The van der Waals surface area contributed by atoms with Crippen molar-refractivity contribution in [1.82, 2.24) is 29.3 Å². The summed E-state index contributed by atoms with van der Waals surface area (Å²) in [6.07, 6.45) is 4.60. The first-order chi connectivity index (χ1) is 17.8. The van der Waals surface area contributed by atoms with Crippen LogP contribution in [0, 0.1) is 6.92 Å². The second kappa shape index (κ2) is 8.98. The van der Waals surface area contributed by atoms with Crippen molar-refractivity contribution >= 4 is 16.7 Å². The van der Waals surface area contributed by atoms with Gasteiger partial charge < -0.3 is 9.64 Å². The summed E-state index contributed by atoms with van der Waals surface area (Å²) in [5.74, 6) is 1.12. The third-order valence-electron chi connectivity index (χ3n) is 7.06. The van der Waals surface area contributed by atoms with Crippen LogP contribution < -0.4 is 10.5 Å². The van der Waals surface area contributed by atoms with Crippen LogP contribution in [0.4, 0.5) is 14.6 Å². The number of nitrogens with zero attached hydrogens (tertiary/aromatic N) is 7. The van der Waals surface area contributed by atoms with Gasteiger partial charge in [-0.15, -0.1) is 0 Å². The van der Waals surface area contributed by atoms with Gasteiger partial charge in [-0.25, -0.2) is 18.7 Å². The van der Waals surface area contributed by atoms with Crippen LogP contribution in [-0.4, -0.2) is 48.5 Å². The highest BCUT2D eigenvalue weighted by Crippen LogP contribution is 2.36. The van der Waals surface area contributed by atoms with E-state index < -0.39 is 6.43 Å². The second-order valence-corrected chi connectivity index (χ2v) is 9.85. The minimum atomic E-state index is -2.67.